The summed E-state index contributed by atoms with van der Waals surface area (Å²) in [6.45, 7) is 8.53. The second-order valence-corrected chi connectivity index (χ2v) is 9.98. The molecule has 1 fully saturated rings. The Morgan fingerprint density at radius 3 is 2.47 bits per heavy atom. The van der Waals surface area contributed by atoms with Crippen LogP contribution in [0.25, 0.3) is 11.1 Å². The number of halogens is 1. The third kappa shape index (κ3) is 4.67. The zero-order chi connectivity index (χ0) is 26.0. The maximum Gasteiger partial charge on any atom is 0.258 e. The molecule has 0 unspecified atom stereocenters. The average molecular weight is 519 g/mol. The van der Waals surface area contributed by atoms with E-state index in [-0.39, 0.29) is 5.91 Å². The number of ether oxygens (including phenoxy) is 1. The first-order valence-electron chi connectivity index (χ1n) is 11.7. The quantitative estimate of drug-likeness (QED) is 0.279. The lowest BCUT2D eigenvalue weighted by Gasteiger charge is -2.29. The Morgan fingerprint density at radius 2 is 1.81 bits per heavy atom. The number of hydrogen-bond donors (Lipinski definition) is 0. The summed E-state index contributed by atoms with van der Waals surface area (Å²) in [7, 11) is 0. The minimum absolute atomic E-state index is 0.0876. The highest BCUT2D eigenvalue weighted by atomic mass is 35.5. The fourth-order valence-electron chi connectivity index (χ4n) is 4.34. The van der Waals surface area contributed by atoms with E-state index in [9.17, 15) is 10.1 Å². The van der Waals surface area contributed by atoms with E-state index in [1.165, 1.54) is 0 Å². The van der Waals surface area contributed by atoms with E-state index in [0.29, 0.717) is 41.0 Å². The van der Waals surface area contributed by atoms with E-state index >= 15 is 0 Å². The van der Waals surface area contributed by atoms with Crippen LogP contribution in [0.5, 0.6) is 5.75 Å². The summed E-state index contributed by atoms with van der Waals surface area (Å²) >= 11 is 12.2. The molecule has 4 rings (SSSR count). The summed E-state index contributed by atoms with van der Waals surface area (Å²) in [5, 5.41) is 10.3. The molecule has 1 aromatic heterocycles. The number of nitriles is 1. The van der Waals surface area contributed by atoms with Gasteiger partial charge in [0.2, 0.25) is 0 Å². The molecular formula is C28H27ClN4O2S. The SMILES string of the molecule is Cc1c(C#N)ccc(N2C(=O)C(C)(C)N(CCCOc3ccc(-c4ccncc4)cc3Cl)C2=S)c1C. The van der Waals surface area contributed by atoms with Crippen molar-refractivity contribution in [2.24, 2.45) is 0 Å². The number of pyridine rings is 1. The van der Waals surface area contributed by atoms with Crippen molar-refractivity contribution in [2.45, 2.75) is 39.7 Å². The molecule has 0 spiro atoms. The van der Waals surface area contributed by atoms with Crippen LogP contribution in [0.4, 0.5) is 5.69 Å². The fourth-order valence-corrected chi connectivity index (χ4v) is 5.08. The van der Waals surface area contributed by atoms with Crippen molar-refractivity contribution in [1.29, 1.82) is 5.26 Å². The van der Waals surface area contributed by atoms with Crippen LogP contribution in [0.3, 0.4) is 0 Å². The van der Waals surface area contributed by atoms with Gasteiger partial charge in [-0.3, -0.25) is 14.7 Å². The number of benzene rings is 2. The number of thiocarbonyl (C=S) groups is 1. The minimum atomic E-state index is -0.796. The monoisotopic (exact) mass is 518 g/mol. The van der Waals surface area contributed by atoms with Gasteiger partial charge in [0.25, 0.3) is 5.91 Å². The predicted molar refractivity (Wildman–Crippen MR) is 146 cm³/mol. The summed E-state index contributed by atoms with van der Waals surface area (Å²) in [5.74, 6) is 0.523. The highest BCUT2D eigenvalue weighted by Gasteiger charge is 2.49. The van der Waals surface area contributed by atoms with Gasteiger partial charge < -0.3 is 9.64 Å². The maximum atomic E-state index is 13.4. The first-order chi connectivity index (χ1) is 17.2. The molecule has 36 heavy (non-hydrogen) atoms. The van der Waals surface area contributed by atoms with Crippen LogP contribution in [0.15, 0.2) is 54.9 Å². The number of aromatic nitrogens is 1. The van der Waals surface area contributed by atoms with Gasteiger partial charge in [0.15, 0.2) is 5.11 Å². The van der Waals surface area contributed by atoms with Crippen LogP contribution < -0.4 is 9.64 Å². The van der Waals surface area contributed by atoms with Crippen molar-refractivity contribution >= 4 is 40.5 Å². The van der Waals surface area contributed by atoms with E-state index in [0.717, 1.165) is 27.9 Å². The van der Waals surface area contributed by atoms with E-state index in [2.05, 4.69) is 11.1 Å². The third-order valence-electron chi connectivity index (χ3n) is 6.67. The van der Waals surface area contributed by atoms with Crippen LogP contribution >= 0.6 is 23.8 Å². The van der Waals surface area contributed by atoms with E-state index in [1.807, 2.05) is 62.9 Å². The molecule has 1 amide bonds. The highest BCUT2D eigenvalue weighted by molar-refractivity contribution is 7.80. The first kappa shape index (κ1) is 25.6. The summed E-state index contributed by atoms with van der Waals surface area (Å²) in [6.07, 6.45) is 4.14. The molecule has 2 aromatic carbocycles. The summed E-state index contributed by atoms with van der Waals surface area (Å²) in [5.41, 5.74) is 4.26. The number of nitrogens with zero attached hydrogens (tertiary/aromatic N) is 4. The van der Waals surface area contributed by atoms with Crippen LogP contribution in [0, 0.1) is 25.2 Å². The van der Waals surface area contributed by atoms with Crippen molar-refractivity contribution in [3.8, 4) is 22.9 Å². The van der Waals surface area contributed by atoms with Crippen LogP contribution in [0.1, 0.15) is 37.0 Å². The van der Waals surface area contributed by atoms with E-state index in [4.69, 9.17) is 28.6 Å². The average Bonchev–Trinajstić information content (AvgIpc) is 3.03. The number of anilines is 1. The lowest BCUT2D eigenvalue weighted by Crippen LogP contribution is -2.44. The Kier molecular flexibility index (Phi) is 7.30. The van der Waals surface area contributed by atoms with Gasteiger partial charge >= 0.3 is 0 Å². The van der Waals surface area contributed by atoms with Gasteiger partial charge in [-0.25, -0.2) is 0 Å². The number of carbonyl (C=O) groups excluding carboxylic acids is 1. The molecule has 1 saturated heterocycles. The summed E-state index contributed by atoms with van der Waals surface area (Å²) < 4.78 is 5.95. The molecule has 1 aliphatic rings. The summed E-state index contributed by atoms with van der Waals surface area (Å²) in [4.78, 5) is 21.0. The van der Waals surface area contributed by atoms with Crippen LogP contribution in [0.2, 0.25) is 5.02 Å². The zero-order valence-electron chi connectivity index (χ0n) is 20.7. The molecule has 0 radical (unpaired) electrons. The van der Waals surface area contributed by atoms with E-state index < -0.39 is 5.54 Å². The molecule has 0 aliphatic carbocycles. The first-order valence-corrected chi connectivity index (χ1v) is 12.4. The lowest BCUT2D eigenvalue weighted by atomic mass is 10.0. The topological polar surface area (TPSA) is 69.5 Å². The number of carbonyl (C=O) groups is 1. The molecule has 2 heterocycles. The fraction of sp³-hybridized carbons (Fsp3) is 0.286. The molecule has 0 saturated carbocycles. The van der Waals surface area contributed by atoms with Crippen LogP contribution in [-0.2, 0) is 4.79 Å². The van der Waals surface area contributed by atoms with Gasteiger partial charge in [-0.1, -0.05) is 17.7 Å². The molecular weight excluding hydrogens is 492 g/mol. The molecule has 0 atom stereocenters. The molecule has 8 heteroatoms. The normalized spacial score (nSPS) is 14.8. The Balaban J connectivity index is 1.42. The van der Waals surface area contributed by atoms with Gasteiger partial charge in [0, 0.05) is 18.9 Å². The minimum Gasteiger partial charge on any atom is -0.492 e. The predicted octanol–water partition coefficient (Wildman–Crippen LogP) is 6.07. The highest BCUT2D eigenvalue weighted by Crippen LogP contribution is 2.36. The number of rotatable bonds is 7. The maximum absolute atomic E-state index is 13.4. The van der Waals surface area contributed by atoms with E-state index in [1.54, 1.807) is 29.4 Å². The smallest absolute Gasteiger partial charge is 0.258 e. The second-order valence-electron chi connectivity index (χ2n) is 9.21. The Morgan fingerprint density at radius 1 is 1.08 bits per heavy atom. The zero-order valence-corrected chi connectivity index (χ0v) is 22.3. The lowest BCUT2D eigenvalue weighted by molar-refractivity contribution is -0.123. The van der Waals surface area contributed by atoms with Crippen LogP contribution in [-0.4, -0.2) is 39.6 Å². The summed E-state index contributed by atoms with van der Waals surface area (Å²) in [6, 6.07) is 15.3. The molecule has 3 aromatic rings. The molecule has 184 valence electrons. The van der Waals surface area contributed by atoms with Gasteiger partial charge in [-0.2, -0.15) is 5.26 Å². The second kappa shape index (κ2) is 10.3. The third-order valence-corrected chi connectivity index (χ3v) is 7.37. The van der Waals surface area contributed by atoms with Crippen molar-refractivity contribution in [2.75, 3.05) is 18.1 Å². The molecule has 0 bridgehead atoms. The Labute approximate surface area is 222 Å². The van der Waals surface area contributed by atoms with Crippen molar-refractivity contribution < 1.29 is 9.53 Å². The van der Waals surface area contributed by atoms with Gasteiger partial charge in [0.1, 0.15) is 11.3 Å². The van der Waals surface area contributed by atoms with Gasteiger partial charge in [-0.15, -0.1) is 0 Å². The number of amides is 1. The Bertz CT molecular complexity index is 1370. The van der Waals surface area contributed by atoms with Crippen molar-refractivity contribution in [1.82, 2.24) is 9.88 Å². The standard InChI is InChI=1S/C28H27ClN4O2S/c1-18-19(2)24(8-6-22(18)17-30)33-26(34)28(3,4)32(27(33)36)14-5-15-35-25-9-7-21(16-23(25)29)20-10-12-31-13-11-20/h6-13,16H,5,14-15H2,1-4H3. The molecule has 0 N–H and O–H groups in total. The largest absolute Gasteiger partial charge is 0.492 e. The van der Waals surface area contributed by atoms with Crippen molar-refractivity contribution in [3.63, 3.8) is 0 Å². The van der Waals surface area contributed by atoms with Crippen molar-refractivity contribution in [3.05, 3.63) is 76.6 Å². The molecule has 6 nitrogen and oxygen atoms in total. The van der Waals surface area contributed by atoms with Gasteiger partial charge in [0.05, 0.1) is 28.9 Å². The molecule has 1 aliphatic heterocycles. The van der Waals surface area contributed by atoms with Gasteiger partial charge in [-0.05, 0) is 105 Å². The Hall–Kier alpha value is -3.47. The number of hydrogen-bond acceptors (Lipinski definition) is 5.